The maximum Gasteiger partial charge on any atom is 0.343 e. The van der Waals surface area contributed by atoms with Crippen molar-refractivity contribution in [2.75, 3.05) is 6.61 Å². The molecular weight excluding hydrogens is 248 g/mol. The minimum absolute atomic E-state index is 0.167. The molecule has 0 aliphatic carbocycles. The Hall–Kier alpha value is -1.65. The van der Waals surface area contributed by atoms with E-state index in [9.17, 15) is 14.4 Å². The van der Waals surface area contributed by atoms with Gasteiger partial charge in [-0.2, -0.15) is 0 Å². The van der Waals surface area contributed by atoms with E-state index in [4.69, 9.17) is 4.74 Å². The largest absolute Gasteiger partial charge is 0.466 e. The van der Waals surface area contributed by atoms with Crippen LogP contribution in [0.15, 0.2) is 11.1 Å². The first kappa shape index (κ1) is 15.4. The Morgan fingerprint density at radius 3 is 2.37 bits per heavy atom. The van der Waals surface area contributed by atoms with Gasteiger partial charge in [-0.25, -0.2) is 9.59 Å². The molecule has 0 saturated heterocycles. The van der Waals surface area contributed by atoms with E-state index in [0.717, 1.165) is 25.7 Å². The van der Waals surface area contributed by atoms with Gasteiger partial charge in [0.2, 0.25) is 0 Å². The standard InChI is InChI=1S/C14H20O5/c1-3-5-6-7-8-10-11(9-12(15)18-4-2)14(17)19-13(10)16/h3-9H2,1-2H3. The number of unbranched alkanes of at least 4 members (excludes halogenated alkanes) is 3. The lowest BCUT2D eigenvalue weighted by molar-refractivity contribution is -0.152. The maximum atomic E-state index is 11.5. The Kier molecular flexibility index (Phi) is 6.25. The molecule has 5 nitrogen and oxygen atoms in total. The maximum absolute atomic E-state index is 11.5. The third-order valence-corrected chi connectivity index (χ3v) is 2.95. The van der Waals surface area contributed by atoms with Crippen LogP contribution in [0.25, 0.3) is 0 Å². The minimum Gasteiger partial charge on any atom is -0.466 e. The van der Waals surface area contributed by atoms with Crippen molar-refractivity contribution in [1.82, 2.24) is 0 Å². The molecule has 0 unspecified atom stereocenters. The van der Waals surface area contributed by atoms with Crippen molar-refractivity contribution in [2.45, 2.75) is 52.4 Å². The van der Waals surface area contributed by atoms with Crippen molar-refractivity contribution in [3.63, 3.8) is 0 Å². The lowest BCUT2D eigenvalue weighted by atomic mass is 10.0. The second-order valence-electron chi connectivity index (χ2n) is 4.43. The fourth-order valence-electron chi connectivity index (χ4n) is 1.97. The highest BCUT2D eigenvalue weighted by molar-refractivity contribution is 6.13. The van der Waals surface area contributed by atoms with Gasteiger partial charge in [0.25, 0.3) is 0 Å². The molecule has 1 rings (SSSR count). The van der Waals surface area contributed by atoms with E-state index in [1.165, 1.54) is 0 Å². The van der Waals surface area contributed by atoms with Crippen LogP contribution in [0.2, 0.25) is 0 Å². The van der Waals surface area contributed by atoms with Crippen LogP contribution in [-0.4, -0.2) is 24.5 Å². The molecule has 0 aromatic heterocycles. The highest BCUT2D eigenvalue weighted by Gasteiger charge is 2.33. The number of hydrogen-bond donors (Lipinski definition) is 0. The average molecular weight is 268 g/mol. The van der Waals surface area contributed by atoms with E-state index in [-0.39, 0.29) is 18.6 Å². The molecule has 1 aliphatic heterocycles. The molecule has 1 heterocycles. The Morgan fingerprint density at radius 1 is 1.05 bits per heavy atom. The summed E-state index contributed by atoms with van der Waals surface area (Å²) in [4.78, 5) is 34.5. The van der Waals surface area contributed by atoms with Crippen molar-refractivity contribution in [1.29, 1.82) is 0 Å². The predicted octanol–water partition coefficient (Wildman–Crippen LogP) is 2.29. The van der Waals surface area contributed by atoms with Crippen molar-refractivity contribution in [3.05, 3.63) is 11.1 Å². The lowest BCUT2D eigenvalue weighted by Crippen LogP contribution is -2.09. The van der Waals surface area contributed by atoms with Gasteiger partial charge < -0.3 is 9.47 Å². The molecule has 0 fully saturated rings. The molecular formula is C14H20O5. The van der Waals surface area contributed by atoms with Crippen LogP contribution in [0.5, 0.6) is 0 Å². The molecule has 0 spiro atoms. The summed E-state index contributed by atoms with van der Waals surface area (Å²) in [5.74, 6) is -1.82. The summed E-state index contributed by atoms with van der Waals surface area (Å²) in [6.45, 7) is 4.04. The molecule has 106 valence electrons. The molecule has 0 N–H and O–H groups in total. The number of ether oxygens (including phenoxy) is 2. The first-order chi connectivity index (χ1) is 9.10. The molecule has 0 aromatic rings. The summed E-state index contributed by atoms with van der Waals surface area (Å²) in [5, 5.41) is 0. The summed E-state index contributed by atoms with van der Waals surface area (Å²) in [6.07, 6.45) is 4.30. The van der Waals surface area contributed by atoms with Gasteiger partial charge in [-0.1, -0.05) is 26.2 Å². The zero-order valence-corrected chi connectivity index (χ0v) is 11.5. The number of esters is 3. The highest BCUT2D eigenvalue weighted by atomic mass is 16.6. The van der Waals surface area contributed by atoms with Gasteiger partial charge >= 0.3 is 17.9 Å². The second kappa shape index (κ2) is 7.71. The van der Waals surface area contributed by atoms with E-state index >= 15 is 0 Å². The van der Waals surface area contributed by atoms with Crippen LogP contribution in [-0.2, 0) is 23.9 Å². The highest BCUT2D eigenvalue weighted by Crippen LogP contribution is 2.25. The molecule has 1 aliphatic rings. The van der Waals surface area contributed by atoms with Crippen LogP contribution in [0.4, 0.5) is 0 Å². The Balaban J connectivity index is 2.67. The van der Waals surface area contributed by atoms with Gasteiger partial charge in [-0.15, -0.1) is 0 Å². The molecule has 0 atom stereocenters. The average Bonchev–Trinajstić information content (AvgIpc) is 2.61. The molecule has 0 aromatic carbocycles. The topological polar surface area (TPSA) is 69.7 Å². The van der Waals surface area contributed by atoms with Crippen molar-refractivity contribution in [3.8, 4) is 0 Å². The van der Waals surface area contributed by atoms with E-state index in [2.05, 4.69) is 11.7 Å². The fourth-order valence-corrected chi connectivity index (χ4v) is 1.97. The second-order valence-corrected chi connectivity index (χ2v) is 4.43. The normalized spacial score (nSPS) is 14.8. The predicted molar refractivity (Wildman–Crippen MR) is 68.1 cm³/mol. The summed E-state index contributed by atoms with van der Waals surface area (Å²) < 4.78 is 9.35. The Morgan fingerprint density at radius 2 is 1.74 bits per heavy atom. The zero-order chi connectivity index (χ0) is 14.3. The third-order valence-electron chi connectivity index (χ3n) is 2.95. The van der Waals surface area contributed by atoms with Crippen LogP contribution >= 0.6 is 0 Å². The Bertz CT molecular complexity index is 395. The monoisotopic (exact) mass is 268 g/mol. The SMILES string of the molecule is CCCCCCC1=C(CC(=O)OCC)C(=O)OC1=O. The quantitative estimate of drug-likeness (QED) is 0.384. The number of rotatable bonds is 8. The van der Waals surface area contributed by atoms with Crippen LogP contribution in [0.3, 0.4) is 0 Å². The van der Waals surface area contributed by atoms with Crippen molar-refractivity contribution >= 4 is 17.9 Å². The van der Waals surface area contributed by atoms with E-state index in [1.54, 1.807) is 6.92 Å². The molecule has 0 saturated carbocycles. The smallest absolute Gasteiger partial charge is 0.343 e. The van der Waals surface area contributed by atoms with Gasteiger partial charge in [-0.3, -0.25) is 4.79 Å². The fraction of sp³-hybridized carbons (Fsp3) is 0.643. The number of hydrogen-bond acceptors (Lipinski definition) is 5. The molecule has 19 heavy (non-hydrogen) atoms. The number of cyclic esters (lactones) is 2. The van der Waals surface area contributed by atoms with Gasteiger partial charge in [0.1, 0.15) is 0 Å². The summed E-state index contributed by atoms with van der Waals surface area (Å²) in [5.41, 5.74) is 0.508. The Labute approximate surface area is 112 Å². The number of carbonyl (C=O) groups excluding carboxylic acids is 3. The van der Waals surface area contributed by atoms with E-state index < -0.39 is 17.9 Å². The summed E-state index contributed by atoms with van der Waals surface area (Å²) in [6, 6.07) is 0. The van der Waals surface area contributed by atoms with Gasteiger partial charge in [0.15, 0.2) is 0 Å². The molecule has 0 radical (unpaired) electrons. The van der Waals surface area contributed by atoms with Crippen molar-refractivity contribution < 1.29 is 23.9 Å². The zero-order valence-electron chi connectivity index (χ0n) is 11.5. The first-order valence-electron chi connectivity index (χ1n) is 6.74. The van der Waals surface area contributed by atoms with Crippen LogP contribution in [0.1, 0.15) is 52.4 Å². The summed E-state index contributed by atoms with van der Waals surface area (Å²) >= 11 is 0. The first-order valence-corrected chi connectivity index (χ1v) is 6.74. The van der Waals surface area contributed by atoms with E-state index in [1.807, 2.05) is 0 Å². The molecule has 0 bridgehead atoms. The van der Waals surface area contributed by atoms with Crippen molar-refractivity contribution in [2.24, 2.45) is 0 Å². The number of carbonyl (C=O) groups is 3. The van der Waals surface area contributed by atoms with Gasteiger partial charge in [0, 0.05) is 5.57 Å². The van der Waals surface area contributed by atoms with Crippen LogP contribution < -0.4 is 0 Å². The van der Waals surface area contributed by atoms with E-state index in [0.29, 0.717) is 12.0 Å². The summed E-state index contributed by atoms with van der Waals surface area (Å²) in [7, 11) is 0. The minimum atomic E-state index is -0.705. The molecule has 5 heteroatoms. The van der Waals surface area contributed by atoms with Gasteiger partial charge in [-0.05, 0) is 19.8 Å². The van der Waals surface area contributed by atoms with Gasteiger partial charge in [0.05, 0.1) is 18.6 Å². The lowest BCUT2D eigenvalue weighted by Gasteiger charge is -2.03. The molecule has 0 amide bonds. The third kappa shape index (κ3) is 4.50. The van der Waals surface area contributed by atoms with Crippen LogP contribution in [0, 0.1) is 0 Å².